The second kappa shape index (κ2) is 7.06. The van der Waals surface area contributed by atoms with Crippen LogP contribution in [-0.4, -0.2) is 34.3 Å². The number of para-hydroxylation sites is 1. The molecule has 0 saturated heterocycles. The van der Waals surface area contributed by atoms with E-state index in [-0.39, 0.29) is 5.91 Å². The Bertz CT molecular complexity index is 783. The summed E-state index contributed by atoms with van der Waals surface area (Å²) in [5.74, 6) is 0.421. The molecule has 1 N–H and O–H groups in total. The number of methoxy groups -OCH3 is 1. The highest BCUT2D eigenvalue weighted by atomic mass is 32.1. The van der Waals surface area contributed by atoms with Gasteiger partial charge >= 0.3 is 0 Å². The maximum atomic E-state index is 12.2. The smallest absolute Gasteiger partial charge is 0.255 e. The summed E-state index contributed by atoms with van der Waals surface area (Å²) in [6.45, 7) is 0.513. The van der Waals surface area contributed by atoms with E-state index in [4.69, 9.17) is 4.74 Å². The summed E-state index contributed by atoms with van der Waals surface area (Å²) < 4.78 is 6.92. The highest BCUT2D eigenvalue weighted by Gasteiger charge is 2.11. The molecule has 3 aromatic rings. The minimum atomic E-state index is -0.148. The predicted molar refractivity (Wildman–Crippen MR) is 88.3 cm³/mol. The number of nitrogens with one attached hydrogen (secondary N) is 1. The zero-order valence-electron chi connectivity index (χ0n) is 12.6. The van der Waals surface area contributed by atoms with Crippen LogP contribution in [0.25, 0.3) is 5.13 Å². The molecule has 0 bridgehead atoms. The highest BCUT2D eigenvalue weighted by molar-refractivity contribution is 7.12. The Hall–Kier alpha value is -2.67. The summed E-state index contributed by atoms with van der Waals surface area (Å²) in [4.78, 5) is 16.7. The van der Waals surface area contributed by atoms with Gasteiger partial charge in [0.15, 0.2) is 0 Å². The normalized spacial score (nSPS) is 10.5. The SMILES string of the molecule is COc1ccccc1C(=O)NCCc1csc(-n2cccn2)n1. The fourth-order valence-corrected chi connectivity index (χ4v) is 2.93. The van der Waals surface area contributed by atoms with Crippen molar-refractivity contribution in [2.24, 2.45) is 0 Å². The second-order valence-electron chi connectivity index (χ2n) is 4.78. The lowest BCUT2D eigenvalue weighted by molar-refractivity contribution is 0.0951. The molecule has 0 radical (unpaired) electrons. The van der Waals surface area contributed by atoms with E-state index in [1.54, 1.807) is 30.1 Å². The monoisotopic (exact) mass is 328 g/mol. The first-order chi connectivity index (χ1) is 11.3. The van der Waals surface area contributed by atoms with Crippen LogP contribution in [0.4, 0.5) is 0 Å². The van der Waals surface area contributed by atoms with Gasteiger partial charge in [-0.3, -0.25) is 4.79 Å². The molecule has 1 amide bonds. The Balaban J connectivity index is 1.56. The van der Waals surface area contributed by atoms with Gasteiger partial charge in [0.25, 0.3) is 5.91 Å². The fraction of sp³-hybridized carbons (Fsp3) is 0.188. The quantitative estimate of drug-likeness (QED) is 0.754. The molecule has 7 heteroatoms. The van der Waals surface area contributed by atoms with E-state index in [9.17, 15) is 4.79 Å². The number of hydrogen-bond donors (Lipinski definition) is 1. The van der Waals surface area contributed by atoms with Crippen LogP contribution in [0.1, 0.15) is 16.1 Å². The van der Waals surface area contributed by atoms with Crippen molar-refractivity contribution in [1.29, 1.82) is 0 Å². The summed E-state index contributed by atoms with van der Waals surface area (Å²) in [5.41, 5.74) is 1.46. The molecule has 0 saturated carbocycles. The minimum absolute atomic E-state index is 0.148. The number of rotatable bonds is 6. The van der Waals surface area contributed by atoms with Gasteiger partial charge in [-0.05, 0) is 18.2 Å². The fourth-order valence-electron chi connectivity index (χ4n) is 2.13. The van der Waals surface area contributed by atoms with Crippen LogP contribution in [0.3, 0.4) is 0 Å². The van der Waals surface area contributed by atoms with Gasteiger partial charge in [0.1, 0.15) is 5.75 Å². The molecule has 0 fully saturated rings. The van der Waals surface area contributed by atoms with E-state index in [0.29, 0.717) is 24.3 Å². The number of aromatic nitrogens is 3. The van der Waals surface area contributed by atoms with Crippen molar-refractivity contribution < 1.29 is 9.53 Å². The predicted octanol–water partition coefficient (Wildman–Crippen LogP) is 2.31. The molecule has 6 nitrogen and oxygen atoms in total. The molecular formula is C16H16N4O2S. The van der Waals surface area contributed by atoms with Crippen molar-refractivity contribution in [2.45, 2.75) is 6.42 Å². The Morgan fingerprint density at radius 3 is 3.00 bits per heavy atom. The van der Waals surface area contributed by atoms with Crippen LogP contribution in [0, 0.1) is 0 Å². The van der Waals surface area contributed by atoms with E-state index in [2.05, 4.69) is 15.4 Å². The van der Waals surface area contributed by atoms with Gasteiger partial charge in [-0.25, -0.2) is 9.67 Å². The number of carbonyl (C=O) groups excluding carboxylic acids is 1. The van der Waals surface area contributed by atoms with Crippen molar-refractivity contribution in [3.63, 3.8) is 0 Å². The van der Waals surface area contributed by atoms with Gasteiger partial charge in [0, 0.05) is 30.7 Å². The standard InChI is InChI=1S/C16H16N4O2S/c1-22-14-6-3-2-5-13(14)15(21)17-9-7-12-11-23-16(19-12)20-10-4-8-18-20/h2-6,8,10-11H,7,9H2,1H3,(H,17,21). The average Bonchev–Trinajstić information content (AvgIpc) is 3.26. The molecular weight excluding hydrogens is 312 g/mol. The number of thiazole rings is 1. The van der Waals surface area contributed by atoms with Crippen molar-refractivity contribution in [3.05, 3.63) is 59.4 Å². The van der Waals surface area contributed by atoms with Crippen LogP contribution >= 0.6 is 11.3 Å². The molecule has 118 valence electrons. The second-order valence-corrected chi connectivity index (χ2v) is 5.61. The molecule has 0 aliphatic carbocycles. The molecule has 23 heavy (non-hydrogen) atoms. The molecule has 1 aromatic carbocycles. The first-order valence-corrected chi connectivity index (χ1v) is 8.01. The lowest BCUT2D eigenvalue weighted by atomic mass is 10.2. The van der Waals surface area contributed by atoms with Crippen LogP contribution in [0.15, 0.2) is 48.1 Å². The molecule has 0 aliphatic heterocycles. The lowest BCUT2D eigenvalue weighted by Crippen LogP contribution is -2.26. The number of benzene rings is 1. The molecule has 0 aliphatic rings. The summed E-state index contributed by atoms with van der Waals surface area (Å²) in [5, 5.41) is 9.84. The third-order valence-electron chi connectivity index (χ3n) is 3.26. The van der Waals surface area contributed by atoms with Crippen molar-refractivity contribution in [3.8, 4) is 10.9 Å². The van der Waals surface area contributed by atoms with E-state index in [1.807, 2.05) is 29.8 Å². The van der Waals surface area contributed by atoms with Crippen LogP contribution < -0.4 is 10.1 Å². The first kappa shape index (κ1) is 15.2. The molecule has 0 unspecified atom stereocenters. The van der Waals surface area contributed by atoms with Crippen LogP contribution in [0.5, 0.6) is 5.75 Å². The van der Waals surface area contributed by atoms with E-state index in [1.165, 1.54) is 11.3 Å². The van der Waals surface area contributed by atoms with Gasteiger partial charge in [-0.2, -0.15) is 5.10 Å². The number of hydrogen-bond acceptors (Lipinski definition) is 5. The minimum Gasteiger partial charge on any atom is -0.496 e. The first-order valence-electron chi connectivity index (χ1n) is 7.13. The molecule has 3 rings (SSSR count). The van der Waals surface area contributed by atoms with Gasteiger partial charge in [0.05, 0.1) is 18.4 Å². The topological polar surface area (TPSA) is 69.0 Å². The third-order valence-corrected chi connectivity index (χ3v) is 4.14. The molecule has 2 heterocycles. The average molecular weight is 328 g/mol. The Labute approximate surface area is 137 Å². The van der Waals surface area contributed by atoms with Crippen molar-refractivity contribution in [1.82, 2.24) is 20.1 Å². The number of nitrogens with zero attached hydrogens (tertiary/aromatic N) is 3. The summed E-state index contributed by atoms with van der Waals surface area (Å²) in [6.07, 6.45) is 4.24. The van der Waals surface area contributed by atoms with E-state index in [0.717, 1.165) is 10.8 Å². The van der Waals surface area contributed by atoms with Crippen molar-refractivity contribution in [2.75, 3.05) is 13.7 Å². The van der Waals surface area contributed by atoms with Crippen molar-refractivity contribution >= 4 is 17.2 Å². The summed E-state index contributed by atoms with van der Waals surface area (Å²) in [6, 6.07) is 9.02. The van der Waals surface area contributed by atoms with Gasteiger partial charge in [-0.1, -0.05) is 12.1 Å². The number of ether oxygens (including phenoxy) is 1. The highest BCUT2D eigenvalue weighted by Crippen LogP contribution is 2.17. The molecule has 0 atom stereocenters. The summed E-state index contributed by atoms with van der Waals surface area (Å²) in [7, 11) is 1.55. The van der Waals surface area contributed by atoms with Gasteiger partial charge in [0.2, 0.25) is 5.13 Å². The zero-order valence-corrected chi connectivity index (χ0v) is 13.4. The van der Waals surface area contributed by atoms with Gasteiger partial charge < -0.3 is 10.1 Å². The lowest BCUT2D eigenvalue weighted by Gasteiger charge is -2.08. The van der Waals surface area contributed by atoms with E-state index < -0.39 is 0 Å². The zero-order chi connectivity index (χ0) is 16.1. The molecule has 2 aromatic heterocycles. The Morgan fingerprint density at radius 2 is 2.22 bits per heavy atom. The molecule has 0 spiro atoms. The van der Waals surface area contributed by atoms with Gasteiger partial charge in [-0.15, -0.1) is 11.3 Å². The maximum Gasteiger partial charge on any atom is 0.255 e. The Morgan fingerprint density at radius 1 is 1.35 bits per heavy atom. The summed E-state index contributed by atoms with van der Waals surface area (Å²) >= 11 is 1.53. The van der Waals surface area contributed by atoms with Crippen LogP contribution in [0.2, 0.25) is 0 Å². The van der Waals surface area contributed by atoms with E-state index >= 15 is 0 Å². The Kier molecular flexibility index (Phi) is 4.68. The maximum absolute atomic E-state index is 12.2. The largest absolute Gasteiger partial charge is 0.496 e. The number of carbonyl (C=O) groups is 1. The van der Waals surface area contributed by atoms with Crippen LogP contribution in [-0.2, 0) is 6.42 Å². The third kappa shape index (κ3) is 3.57. The number of amides is 1.